The van der Waals surface area contributed by atoms with Crippen LogP contribution in [0.25, 0.3) is 5.69 Å². The summed E-state index contributed by atoms with van der Waals surface area (Å²) in [7, 11) is 0. The second kappa shape index (κ2) is 7.57. The molecule has 0 spiro atoms. The average molecular weight is 343 g/mol. The quantitative estimate of drug-likeness (QED) is 0.722. The van der Waals surface area contributed by atoms with Gasteiger partial charge in [-0.05, 0) is 36.8 Å². The summed E-state index contributed by atoms with van der Waals surface area (Å²) in [4.78, 5) is 3.95. The fourth-order valence-corrected chi connectivity index (χ4v) is 2.85. The highest BCUT2D eigenvalue weighted by molar-refractivity contribution is 6.30. The molecule has 0 aliphatic heterocycles. The minimum atomic E-state index is -0.587. The number of benzene rings is 1. The molecule has 0 fully saturated rings. The van der Waals surface area contributed by atoms with E-state index in [4.69, 9.17) is 11.6 Å². The lowest BCUT2D eigenvalue weighted by atomic mass is 10.1. The summed E-state index contributed by atoms with van der Waals surface area (Å²) in [5, 5.41) is 18.5. The van der Waals surface area contributed by atoms with Gasteiger partial charge in [-0.25, -0.2) is 4.68 Å². The van der Waals surface area contributed by atoms with Crippen LogP contribution in [0, 0.1) is 6.92 Å². The van der Waals surface area contributed by atoms with E-state index >= 15 is 0 Å². The van der Waals surface area contributed by atoms with Crippen LogP contribution < -0.4 is 5.32 Å². The number of rotatable bonds is 6. The average Bonchev–Trinajstić information content (AvgIpc) is 2.91. The molecule has 1 atom stereocenters. The van der Waals surface area contributed by atoms with Gasteiger partial charge in [0.05, 0.1) is 17.5 Å². The molecular weight excluding hydrogens is 324 g/mol. The Bertz CT molecular complexity index is 790. The van der Waals surface area contributed by atoms with Crippen molar-refractivity contribution in [1.29, 1.82) is 0 Å². The molecule has 0 aliphatic rings. The Hall–Kier alpha value is -2.21. The van der Waals surface area contributed by atoms with E-state index in [-0.39, 0.29) is 0 Å². The van der Waals surface area contributed by atoms with Gasteiger partial charge in [0.15, 0.2) is 0 Å². The number of hydrogen-bond acceptors (Lipinski definition) is 4. The van der Waals surface area contributed by atoms with E-state index < -0.39 is 6.10 Å². The number of para-hydroxylation sites is 1. The first-order valence-corrected chi connectivity index (χ1v) is 8.12. The van der Waals surface area contributed by atoms with Gasteiger partial charge in [0.1, 0.15) is 5.15 Å². The van der Waals surface area contributed by atoms with Gasteiger partial charge >= 0.3 is 0 Å². The Labute approximate surface area is 145 Å². The number of aliphatic hydroxyl groups is 1. The zero-order valence-electron chi connectivity index (χ0n) is 13.4. The predicted octanol–water partition coefficient (Wildman–Crippen LogP) is 3.05. The first kappa shape index (κ1) is 16.6. The van der Waals surface area contributed by atoms with E-state index in [1.807, 2.05) is 37.3 Å². The Kier molecular flexibility index (Phi) is 5.25. The fraction of sp³-hybridized carbons (Fsp3) is 0.222. The molecule has 5 nitrogen and oxygen atoms in total. The molecule has 24 heavy (non-hydrogen) atoms. The number of halogens is 1. The van der Waals surface area contributed by atoms with Crippen molar-refractivity contribution in [2.45, 2.75) is 19.6 Å². The van der Waals surface area contributed by atoms with Crippen LogP contribution in [0.15, 0.2) is 54.9 Å². The molecule has 0 saturated heterocycles. The number of aryl methyl sites for hydroxylation is 1. The summed E-state index contributed by atoms with van der Waals surface area (Å²) < 4.78 is 1.73. The van der Waals surface area contributed by atoms with Gasteiger partial charge in [-0.3, -0.25) is 4.98 Å². The Morgan fingerprint density at radius 2 is 1.88 bits per heavy atom. The molecule has 3 aromatic rings. The lowest BCUT2D eigenvalue weighted by molar-refractivity contribution is 0.174. The molecule has 0 radical (unpaired) electrons. The zero-order valence-corrected chi connectivity index (χ0v) is 14.1. The topological polar surface area (TPSA) is 63.0 Å². The summed E-state index contributed by atoms with van der Waals surface area (Å²) in [5.41, 5.74) is 3.56. The van der Waals surface area contributed by atoms with Crippen LogP contribution in [0.1, 0.15) is 22.9 Å². The Morgan fingerprint density at radius 3 is 2.58 bits per heavy atom. The third kappa shape index (κ3) is 3.64. The van der Waals surface area contributed by atoms with Crippen LogP contribution in [0.5, 0.6) is 0 Å². The van der Waals surface area contributed by atoms with Crippen LogP contribution in [-0.4, -0.2) is 26.4 Å². The molecule has 1 unspecified atom stereocenters. The molecular formula is C18H19ClN4O. The van der Waals surface area contributed by atoms with Crippen LogP contribution >= 0.6 is 11.6 Å². The summed E-state index contributed by atoms with van der Waals surface area (Å²) in [6.07, 6.45) is 2.75. The third-order valence-electron chi connectivity index (χ3n) is 3.85. The number of hydrogen-bond donors (Lipinski definition) is 2. The number of nitrogens with zero attached hydrogens (tertiary/aromatic N) is 3. The second-order valence-electron chi connectivity index (χ2n) is 5.53. The maximum atomic E-state index is 10.2. The predicted molar refractivity (Wildman–Crippen MR) is 94.2 cm³/mol. The summed E-state index contributed by atoms with van der Waals surface area (Å²) in [5.74, 6) is 0. The van der Waals surface area contributed by atoms with E-state index in [0.29, 0.717) is 18.2 Å². The van der Waals surface area contributed by atoms with Crippen LogP contribution in [0.2, 0.25) is 5.15 Å². The fourth-order valence-electron chi connectivity index (χ4n) is 2.51. The van der Waals surface area contributed by atoms with Crippen LogP contribution in [0.4, 0.5) is 0 Å². The van der Waals surface area contributed by atoms with Crippen LogP contribution in [-0.2, 0) is 6.54 Å². The van der Waals surface area contributed by atoms with Gasteiger partial charge in [0.25, 0.3) is 0 Å². The van der Waals surface area contributed by atoms with Crippen LogP contribution in [0.3, 0.4) is 0 Å². The molecule has 1 aromatic carbocycles. The number of nitrogens with one attached hydrogen (secondary N) is 1. The maximum Gasteiger partial charge on any atom is 0.137 e. The van der Waals surface area contributed by atoms with E-state index in [9.17, 15) is 5.11 Å². The molecule has 2 N–H and O–H groups in total. The molecule has 3 rings (SSSR count). The summed E-state index contributed by atoms with van der Waals surface area (Å²) in [6, 6.07) is 13.4. The van der Waals surface area contributed by atoms with Gasteiger partial charge < -0.3 is 10.4 Å². The van der Waals surface area contributed by atoms with Crippen molar-refractivity contribution >= 4 is 11.6 Å². The first-order chi connectivity index (χ1) is 11.7. The number of pyridine rings is 1. The third-order valence-corrected chi connectivity index (χ3v) is 4.24. The smallest absolute Gasteiger partial charge is 0.137 e. The van der Waals surface area contributed by atoms with E-state index in [0.717, 1.165) is 22.5 Å². The SMILES string of the molecule is Cc1nn(-c2ccccc2)c(Cl)c1CNCC(O)c1ccncc1. The molecule has 2 heterocycles. The molecule has 124 valence electrons. The molecule has 0 saturated carbocycles. The monoisotopic (exact) mass is 342 g/mol. The van der Waals surface area contributed by atoms with Gasteiger partial charge in [0.2, 0.25) is 0 Å². The molecule has 6 heteroatoms. The van der Waals surface area contributed by atoms with Crippen molar-refractivity contribution < 1.29 is 5.11 Å². The Balaban J connectivity index is 1.67. The van der Waals surface area contributed by atoms with Crippen molar-refractivity contribution in [3.8, 4) is 5.69 Å². The Morgan fingerprint density at radius 1 is 1.17 bits per heavy atom. The molecule has 2 aromatic heterocycles. The normalized spacial score (nSPS) is 12.3. The van der Waals surface area contributed by atoms with E-state index in [2.05, 4.69) is 15.4 Å². The van der Waals surface area contributed by atoms with Gasteiger partial charge in [-0.1, -0.05) is 29.8 Å². The van der Waals surface area contributed by atoms with E-state index in [1.165, 1.54) is 0 Å². The summed E-state index contributed by atoms with van der Waals surface area (Å²) in [6.45, 7) is 2.90. The van der Waals surface area contributed by atoms with Crippen molar-refractivity contribution in [3.05, 3.63) is 76.8 Å². The van der Waals surface area contributed by atoms with Crippen molar-refractivity contribution in [1.82, 2.24) is 20.1 Å². The molecule has 0 bridgehead atoms. The summed E-state index contributed by atoms with van der Waals surface area (Å²) >= 11 is 6.49. The standard InChI is InChI=1S/C18H19ClN4O/c1-13-16(11-21-12-17(24)14-7-9-20-10-8-14)18(19)23(22-13)15-5-3-2-4-6-15/h2-10,17,21,24H,11-12H2,1H3. The minimum Gasteiger partial charge on any atom is -0.387 e. The number of aromatic nitrogens is 3. The first-order valence-electron chi connectivity index (χ1n) is 7.75. The maximum absolute atomic E-state index is 10.2. The van der Waals surface area contributed by atoms with Crippen molar-refractivity contribution in [2.24, 2.45) is 0 Å². The number of aliphatic hydroxyl groups excluding tert-OH is 1. The van der Waals surface area contributed by atoms with E-state index in [1.54, 1.807) is 29.2 Å². The zero-order chi connectivity index (χ0) is 16.9. The van der Waals surface area contributed by atoms with Gasteiger partial charge in [0, 0.05) is 31.0 Å². The van der Waals surface area contributed by atoms with Crippen molar-refractivity contribution in [2.75, 3.05) is 6.54 Å². The van der Waals surface area contributed by atoms with Gasteiger partial charge in [-0.15, -0.1) is 0 Å². The largest absolute Gasteiger partial charge is 0.387 e. The second-order valence-corrected chi connectivity index (χ2v) is 5.89. The van der Waals surface area contributed by atoms with Gasteiger partial charge in [-0.2, -0.15) is 5.10 Å². The highest BCUT2D eigenvalue weighted by atomic mass is 35.5. The van der Waals surface area contributed by atoms with Crippen molar-refractivity contribution in [3.63, 3.8) is 0 Å². The molecule has 0 aliphatic carbocycles. The lowest BCUT2D eigenvalue weighted by Crippen LogP contribution is -2.21. The lowest BCUT2D eigenvalue weighted by Gasteiger charge is -2.12. The minimum absolute atomic E-state index is 0.427. The highest BCUT2D eigenvalue weighted by Gasteiger charge is 2.15. The molecule has 0 amide bonds. The highest BCUT2D eigenvalue weighted by Crippen LogP contribution is 2.23.